The summed E-state index contributed by atoms with van der Waals surface area (Å²) in [4.78, 5) is 4.91. The standard InChI is InChI=1S/C132H92S4/c1-13-39-93(40-14-1)113-114(94-41-15-2-16-42-94)122(102-57-31-10-32-58-102)130-126-106-77-69-90(70-78-106)86-134-110-64-38-66-112(84-110)136-88-92-73-81-108(82-74-92)128-120(100-53-27-8-28-54-100)119(99-51-25-7-26-52-99)127(131-123(103-59-33-11-34-60-103)115(95-43-17-3-18-44-95)116(96-45-19-4-20-46-96)124(132(128)131)104-61-35-12-36-62-104)107-79-71-91(72-80-107)87-135-111-65-37-63-109(83-111)133-85-89-67-75-105(76-68-89)125(129(130)121(113)101-55-29-9-30-56-101)117(97-47-21-5-22-48-97)118(126)98-49-23-6-24-50-98/h1-84H,85-88H2. The quantitative estimate of drug-likeness (QED) is 0.119. The molecule has 4 heteroatoms. The van der Waals surface area contributed by atoms with Crippen molar-refractivity contribution in [2.24, 2.45) is 0 Å². The van der Waals surface area contributed by atoms with E-state index in [-0.39, 0.29) is 0 Å². The zero-order valence-electron chi connectivity index (χ0n) is 75.0. The molecule has 0 saturated heterocycles. The van der Waals surface area contributed by atoms with Crippen LogP contribution in [0.25, 0.3) is 200 Å². The van der Waals surface area contributed by atoms with Crippen LogP contribution in [0.5, 0.6) is 0 Å². The molecule has 0 spiro atoms. The zero-order valence-corrected chi connectivity index (χ0v) is 78.2. The van der Waals surface area contributed by atoms with Gasteiger partial charge in [-0.15, -0.1) is 47.0 Å². The van der Waals surface area contributed by atoms with Gasteiger partial charge in [0.05, 0.1) is 0 Å². The Hall–Kier alpha value is -15.2. The highest BCUT2D eigenvalue weighted by Crippen LogP contribution is 2.63. The maximum absolute atomic E-state index is 2.43. The van der Waals surface area contributed by atoms with Crippen LogP contribution in [-0.2, 0) is 23.0 Å². The minimum absolute atomic E-state index is 0.778. The Bertz CT molecular complexity index is 7080. The van der Waals surface area contributed by atoms with E-state index < -0.39 is 0 Å². The van der Waals surface area contributed by atoms with Crippen molar-refractivity contribution in [3.05, 3.63) is 532 Å². The van der Waals surface area contributed by atoms with Gasteiger partial charge in [0.15, 0.2) is 0 Å². The largest absolute Gasteiger partial charge is 0.121 e. The fourth-order valence-corrected chi connectivity index (χ4v) is 24.2. The third kappa shape index (κ3) is 16.8. The first-order valence-corrected chi connectivity index (χ1v) is 50.7. The van der Waals surface area contributed by atoms with E-state index in [1.807, 2.05) is 47.0 Å². The molecule has 0 radical (unpaired) electrons. The van der Waals surface area contributed by atoms with E-state index in [0.717, 1.165) is 112 Å². The van der Waals surface area contributed by atoms with Crippen LogP contribution in [0.4, 0.5) is 0 Å². The summed E-state index contributed by atoms with van der Waals surface area (Å²) in [6.07, 6.45) is 0. The molecule has 644 valence electrons. The van der Waals surface area contributed by atoms with Crippen molar-refractivity contribution in [3.8, 4) is 178 Å². The van der Waals surface area contributed by atoms with E-state index in [1.165, 1.54) is 152 Å². The molecule has 0 unspecified atom stereocenters. The lowest BCUT2D eigenvalue weighted by atomic mass is 9.71. The van der Waals surface area contributed by atoms with E-state index in [4.69, 9.17) is 0 Å². The highest BCUT2D eigenvalue weighted by atomic mass is 32.2. The van der Waals surface area contributed by atoms with Gasteiger partial charge in [0, 0.05) is 42.6 Å². The van der Waals surface area contributed by atoms with Gasteiger partial charge in [-0.05, 0) is 258 Å². The minimum atomic E-state index is 0.778. The van der Waals surface area contributed by atoms with Gasteiger partial charge in [-0.25, -0.2) is 0 Å². The molecule has 0 aromatic heterocycles. The lowest BCUT2D eigenvalue weighted by molar-refractivity contribution is 1.30. The first-order chi connectivity index (χ1) is 67.5. The Labute approximate surface area is 814 Å². The van der Waals surface area contributed by atoms with Crippen LogP contribution in [0.3, 0.4) is 0 Å². The maximum atomic E-state index is 2.43. The van der Waals surface area contributed by atoms with Crippen molar-refractivity contribution in [1.29, 1.82) is 0 Å². The van der Waals surface area contributed by atoms with Crippen LogP contribution < -0.4 is 0 Å². The average Bonchev–Trinajstić information content (AvgIpc) is 0.692. The van der Waals surface area contributed by atoms with Crippen molar-refractivity contribution in [3.63, 3.8) is 0 Å². The molecule has 0 amide bonds. The number of hydrogen-bond acceptors (Lipinski definition) is 4. The van der Waals surface area contributed by atoms with Crippen LogP contribution in [-0.4, -0.2) is 0 Å². The van der Waals surface area contributed by atoms with E-state index in [2.05, 4.69) is 510 Å². The molecule has 14 aliphatic rings. The van der Waals surface area contributed by atoms with Crippen LogP contribution in [0, 0.1) is 0 Å². The first-order valence-electron chi connectivity index (χ1n) is 46.7. The number of fused-ring (bicyclic) bond motifs is 1. The Morgan fingerprint density at radius 2 is 0.221 bits per heavy atom. The molecular formula is C132H92S4. The van der Waals surface area contributed by atoms with Crippen LogP contribution in [0.2, 0.25) is 0 Å². The monoisotopic (exact) mass is 1800 g/mol. The van der Waals surface area contributed by atoms with Crippen LogP contribution in [0.1, 0.15) is 22.3 Å². The highest BCUT2D eigenvalue weighted by Gasteiger charge is 2.36. The number of rotatable bonds is 12. The minimum Gasteiger partial charge on any atom is -0.121 e. The molecular weight excluding hydrogens is 1710 g/mol. The molecule has 36 rings (SSSR count). The topological polar surface area (TPSA) is 0 Å². The average molecular weight is 1810 g/mol. The second kappa shape index (κ2) is 38.8. The summed E-state index contributed by atoms with van der Waals surface area (Å²) in [6.45, 7) is 0. The third-order valence-corrected chi connectivity index (χ3v) is 30.7. The molecule has 0 aliphatic carbocycles. The summed E-state index contributed by atoms with van der Waals surface area (Å²) >= 11 is 7.60. The van der Waals surface area contributed by atoms with Crippen molar-refractivity contribution < 1.29 is 0 Å². The molecule has 22 aromatic rings. The summed E-state index contributed by atoms with van der Waals surface area (Å²) in [5.74, 6) is 3.11. The Morgan fingerprint density at radius 3 is 0.353 bits per heavy atom. The van der Waals surface area contributed by atoms with Gasteiger partial charge >= 0.3 is 0 Å². The normalized spacial score (nSPS) is 12.2. The molecule has 0 N–H and O–H groups in total. The van der Waals surface area contributed by atoms with Crippen LogP contribution >= 0.6 is 47.0 Å². The fraction of sp³-hybridized carbons (Fsp3) is 0.0303. The van der Waals surface area contributed by atoms with E-state index in [0.29, 0.717) is 0 Å². The summed E-state index contributed by atoms with van der Waals surface area (Å²) in [5, 5.41) is 4.78. The predicted molar refractivity (Wildman–Crippen MR) is 586 cm³/mol. The molecule has 0 saturated carbocycles. The number of hydrogen-bond donors (Lipinski definition) is 0. The third-order valence-electron chi connectivity index (χ3n) is 26.5. The van der Waals surface area contributed by atoms with Gasteiger partial charge < -0.3 is 0 Å². The summed E-state index contributed by atoms with van der Waals surface area (Å²) in [5.41, 5.74) is 42.2. The van der Waals surface area contributed by atoms with E-state index >= 15 is 0 Å². The molecule has 0 atom stereocenters. The second-order valence-electron chi connectivity index (χ2n) is 34.8. The SMILES string of the molecule is c1ccc(-c2c(-c3ccccc3)c(-c3ccccc3)c3c4c(-c5ccccc5)c(-c5ccccc5)c(c3c2-c2ccccc2)-c2ccc(cc2)CSc2cccc(c2)SCc2ccc(cc2)-c2c(-c3ccccc3)c(-c3ccccc3)c(c3c(-c5ccccc5)c(-c5ccccc5)c(-c5ccccc5)c(-c5ccccc5)c23)-c2ccc(cc2)CSc2cccc(c2)SCc2ccc-4cc2)cc1. The molecule has 14 aliphatic heterocycles. The van der Waals surface area contributed by atoms with Gasteiger partial charge in [-0.1, -0.05) is 473 Å². The predicted octanol–water partition coefficient (Wildman–Crippen LogP) is 38.1. The van der Waals surface area contributed by atoms with Crippen LogP contribution in [0.15, 0.2) is 529 Å². The fourth-order valence-electron chi connectivity index (χ4n) is 20.4. The summed E-state index contributed by atoms with van der Waals surface area (Å²) in [7, 11) is 0. The molecule has 22 aromatic carbocycles. The van der Waals surface area contributed by atoms with E-state index in [1.54, 1.807) is 0 Å². The molecule has 14 heterocycles. The smallest absolute Gasteiger partial charge is 0.0232 e. The van der Waals surface area contributed by atoms with E-state index in [9.17, 15) is 0 Å². The molecule has 0 fully saturated rings. The Kier molecular flexibility index (Phi) is 24.2. The van der Waals surface area contributed by atoms with Gasteiger partial charge in [-0.3, -0.25) is 0 Å². The summed E-state index contributed by atoms with van der Waals surface area (Å²) in [6, 6.07) is 192. The van der Waals surface area contributed by atoms with Crippen molar-refractivity contribution in [2.45, 2.75) is 42.6 Å². The summed E-state index contributed by atoms with van der Waals surface area (Å²) < 4.78 is 0. The van der Waals surface area contributed by atoms with Crippen molar-refractivity contribution in [2.75, 3.05) is 0 Å². The highest BCUT2D eigenvalue weighted by molar-refractivity contribution is 7.99. The lowest BCUT2D eigenvalue weighted by Crippen LogP contribution is -2.04. The van der Waals surface area contributed by atoms with Crippen molar-refractivity contribution >= 4 is 68.6 Å². The number of benzene rings is 22. The lowest BCUT2D eigenvalue weighted by Gasteiger charge is -2.31. The zero-order chi connectivity index (χ0) is 90.5. The molecule has 0 nitrogen and oxygen atoms in total. The number of thioether (sulfide) groups is 4. The van der Waals surface area contributed by atoms with Crippen molar-refractivity contribution in [1.82, 2.24) is 0 Å². The van der Waals surface area contributed by atoms with Gasteiger partial charge in [-0.2, -0.15) is 0 Å². The van der Waals surface area contributed by atoms with Gasteiger partial charge in [0.2, 0.25) is 0 Å². The Morgan fingerprint density at radius 1 is 0.103 bits per heavy atom. The molecule has 16 bridgehead atoms. The maximum Gasteiger partial charge on any atom is 0.0232 e. The van der Waals surface area contributed by atoms with Gasteiger partial charge in [0.25, 0.3) is 0 Å². The second-order valence-corrected chi connectivity index (χ2v) is 39.0. The first kappa shape index (κ1) is 85.0. The Balaban J connectivity index is 0.740. The molecule has 136 heavy (non-hydrogen) atoms. The van der Waals surface area contributed by atoms with Gasteiger partial charge in [0.1, 0.15) is 0 Å².